The maximum atomic E-state index is 6.07. The molecule has 18 heavy (non-hydrogen) atoms. The molecule has 2 aromatic rings. The number of rotatable bonds is 3. The van der Waals surface area contributed by atoms with Crippen LogP contribution in [0.5, 0.6) is 0 Å². The molecule has 1 atom stereocenters. The zero-order valence-corrected chi connectivity index (χ0v) is 11.6. The Morgan fingerprint density at radius 3 is 2.67 bits per heavy atom. The van der Waals surface area contributed by atoms with Crippen LogP contribution in [0.1, 0.15) is 32.9 Å². The van der Waals surface area contributed by atoms with E-state index in [1.807, 2.05) is 11.6 Å². The van der Waals surface area contributed by atoms with Gasteiger partial charge in [0.15, 0.2) is 5.65 Å². The van der Waals surface area contributed by atoms with E-state index >= 15 is 0 Å². The van der Waals surface area contributed by atoms with Gasteiger partial charge in [0.25, 0.3) is 0 Å². The van der Waals surface area contributed by atoms with Gasteiger partial charge in [-0.15, -0.1) is 0 Å². The smallest absolute Gasteiger partial charge is 0.202 e. The molecule has 0 aliphatic heterocycles. The first-order chi connectivity index (χ1) is 8.44. The van der Waals surface area contributed by atoms with Gasteiger partial charge in [0.1, 0.15) is 5.52 Å². The van der Waals surface area contributed by atoms with Gasteiger partial charge in [-0.3, -0.25) is 4.57 Å². The van der Waals surface area contributed by atoms with E-state index in [0.29, 0.717) is 17.3 Å². The third-order valence-electron chi connectivity index (χ3n) is 4.25. The lowest BCUT2D eigenvalue weighted by molar-refractivity contribution is 0.500. The first kappa shape index (κ1) is 11.6. The lowest BCUT2D eigenvalue weighted by atomic mass is 10.1. The van der Waals surface area contributed by atoms with E-state index in [4.69, 9.17) is 5.73 Å². The minimum absolute atomic E-state index is 0.454. The second-order valence-corrected chi connectivity index (χ2v) is 6.04. The first-order valence-corrected chi connectivity index (χ1v) is 6.63. The summed E-state index contributed by atoms with van der Waals surface area (Å²) in [6.07, 6.45) is 1.27. The Hall–Kier alpha value is -1.52. The topological polar surface area (TPSA) is 61.7 Å². The molecule has 1 saturated carbocycles. The Bertz CT molecular complexity index is 604. The molecule has 5 heteroatoms. The fourth-order valence-corrected chi connectivity index (χ4v) is 2.75. The molecule has 0 amide bonds. The van der Waals surface area contributed by atoms with E-state index in [1.54, 1.807) is 0 Å². The summed E-state index contributed by atoms with van der Waals surface area (Å²) in [5.41, 5.74) is 9.51. The monoisotopic (exact) mass is 247 g/mol. The van der Waals surface area contributed by atoms with Crippen LogP contribution in [0, 0.1) is 18.3 Å². The second kappa shape index (κ2) is 3.49. The number of hydrogen-bond donors (Lipinski definition) is 1. The predicted octanol–water partition coefficient (Wildman–Crippen LogP) is 2.19. The number of anilines is 1. The van der Waals surface area contributed by atoms with Crippen LogP contribution in [0.3, 0.4) is 0 Å². The number of nitrogen functional groups attached to an aromatic ring is 1. The van der Waals surface area contributed by atoms with Crippen molar-refractivity contribution >= 4 is 17.1 Å². The van der Waals surface area contributed by atoms with Gasteiger partial charge < -0.3 is 5.73 Å². The van der Waals surface area contributed by atoms with Crippen molar-refractivity contribution in [1.29, 1.82) is 0 Å². The SMILES string of the molecule is CCn1nc(C)c2nc(N)n(CC3CC3(C)C)c21. The Balaban J connectivity index is 2.07. The lowest BCUT2D eigenvalue weighted by Crippen LogP contribution is -2.11. The van der Waals surface area contributed by atoms with E-state index in [9.17, 15) is 0 Å². The molecule has 0 bridgehead atoms. The zero-order valence-electron chi connectivity index (χ0n) is 11.6. The zero-order chi connectivity index (χ0) is 13.1. The van der Waals surface area contributed by atoms with Crippen LogP contribution < -0.4 is 5.73 Å². The molecule has 2 N–H and O–H groups in total. The molecule has 0 aromatic carbocycles. The molecule has 0 saturated heterocycles. The maximum absolute atomic E-state index is 6.07. The van der Waals surface area contributed by atoms with Crippen molar-refractivity contribution in [2.24, 2.45) is 11.3 Å². The number of aromatic nitrogens is 4. The molecule has 0 radical (unpaired) electrons. The number of nitrogens with zero attached hydrogens (tertiary/aromatic N) is 4. The fourth-order valence-electron chi connectivity index (χ4n) is 2.75. The van der Waals surface area contributed by atoms with Crippen molar-refractivity contribution in [2.45, 2.75) is 47.2 Å². The third-order valence-corrected chi connectivity index (χ3v) is 4.25. The Kier molecular flexibility index (Phi) is 2.24. The van der Waals surface area contributed by atoms with E-state index in [1.165, 1.54) is 6.42 Å². The number of hydrogen-bond acceptors (Lipinski definition) is 3. The lowest BCUT2D eigenvalue weighted by Gasteiger charge is -2.09. The summed E-state index contributed by atoms with van der Waals surface area (Å²) < 4.78 is 4.14. The first-order valence-electron chi connectivity index (χ1n) is 6.63. The Morgan fingerprint density at radius 1 is 1.44 bits per heavy atom. The van der Waals surface area contributed by atoms with Gasteiger partial charge in [-0.1, -0.05) is 13.8 Å². The van der Waals surface area contributed by atoms with Crippen LogP contribution in [-0.2, 0) is 13.1 Å². The van der Waals surface area contributed by atoms with Crippen LogP contribution in [0.25, 0.3) is 11.2 Å². The Labute approximate surface area is 107 Å². The summed E-state index contributed by atoms with van der Waals surface area (Å²) in [5, 5.41) is 4.51. The summed E-state index contributed by atoms with van der Waals surface area (Å²) in [6.45, 7) is 10.5. The maximum Gasteiger partial charge on any atom is 0.202 e. The average Bonchev–Trinajstić information content (AvgIpc) is 2.64. The van der Waals surface area contributed by atoms with Crippen molar-refractivity contribution in [3.8, 4) is 0 Å². The summed E-state index contributed by atoms with van der Waals surface area (Å²) >= 11 is 0. The molecule has 1 aliphatic rings. The van der Waals surface area contributed by atoms with Gasteiger partial charge in [0, 0.05) is 13.1 Å². The second-order valence-electron chi connectivity index (χ2n) is 6.04. The quantitative estimate of drug-likeness (QED) is 0.904. The van der Waals surface area contributed by atoms with E-state index in [2.05, 4.69) is 35.4 Å². The van der Waals surface area contributed by atoms with Gasteiger partial charge in [0.05, 0.1) is 5.69 Å². The third kappa shape index (κ3) is 1.53. The standard InChI is InChI=1S/C13H21N5/c1-5-18-11-10(8(2)16-18)15-12(14)17(11)7-9-6-13(9,3)4/h9H,5-7H2,1-4H3,(H2,14,15). The van der Waals surface area contributed by atoms with Crippen LogP contribution in [-0.4, -0.2) is 19.3 Å². The van der Waals surface area contributed by atoms with Crippen molar-refractivity contribution in [3.05, 3.63) is 5.69 Å². The number of nitrogens with two attached hydrogens (primary N) is 1. The molecule has 1 aliphatic carbocycles. The van der Waals surface area contributed by atoms with Crippen molar-refractivity contribution < 1.29 is 0 Å². The van der Waals surface area contributed by atoms with Gasteiger partial charge in [0.2, 0.25) is 5.95 Å². The van der Waals surface area contributed by atoms with Crippen LogP contribution in [0.4, 0.5) is 5.95 Å². The van der Waals surface area contributed by atoms with Gasteiger partial charge >= 0.3 is 0 Å². The number of fused-ring (bicyclic) bond motifs is 1. The van der Waals surface area contributed by atoms with Crippen molar-refractivity contribution in [1.82, 2.24) is 19.3 Å². The minimum atomic E-state index is 0.454. The predicted molar refractivity (Wildman–Crippen MR) is 72.2 cm³/mol. The Morgan fingerprint density at radius 2 is 2.11 bits per heavy atom. The highest BCUT2D eigenvalue weighted by Gasteiger charge is 2.46. The molecule has 0 spiro atoms. The molecule has 1 unspecified atom stereocenters. The van der Waals surface area contributed by atoms with Crippen LogP contribution in [0.15, 0.2) is 0 Å². The summed E-state index contributed by atoms with van der Waals surface area (Å²) in [6, 6.07) is 0. The van der Waals surface area contributed by atoms with Crippen molar-refractivity contribution in [3.63, 3.8) is 0 Å². The molecule has 3 rings (SSSR count). The molecule has 98 valence electrons. The minimum Gasteiger partial charge on any atom is -0.369 e. The van der Waals surface area contributed by atoms with Gasteiger partial charge in [-0.2, -0.15) is 5.10 Å². The largest absolute Gasteiger partial charge is 0.369 e. The molecular formula is C13H21N5. The average molecular weight is 247 g/mol. The van der Waals surface area contributed by atoms with Crippen LogP contribution >= 0.6 is 0 Å². The highest BCUT2D eigenvalue weighted by Crippen LogP contribution is 2.52. The summed E-state index contributed by atoms with van der Waals surface area (Å²) in [7, 11) is 0. The molecule has 2 heterocycles. The summed E-state index contributed by atoms with van der Waals surface area (Å²) in [5.74, 6) is 1.33. The molecule has 5 nitrogen and oxygen atoms in total. The molecule has 1 fully saturated rings. The van der Waals surface area contributed by atoms with E-state index < -0.39 is 0 Å². The summed E-state index contributed by atoms with van der Waals surface area (Å²) in [4.78, 5) is 4.47. The van der Waals surface area contributed by atoms with E-state index in [-0.39, 0.29) is 0 Å². The highest BCUT2D eigenvalue weighted by molar-refractivity contribution is 5.77. The van der Waals surface area contributed by atoms with Gasteiger partial charge in [-0.25, -0.2) is 9.67 Å². The fraction of sp³-hybridized carbons (Fsp3) is 0.692. The van der Waals surface area contributed by atoms with Gasteiger partial charge in [-0.05, 0) is 31.6 Å². The highest BCUT2D eigenvalue weighted by atomic mass is 15.4. The number of imidazole rings is 1. The van der Waals surface area contributed by atoms with E-state index in [0.717, 1.165) is 29.9 Å². The van der Waals surface area contributed by atoms with Crippen LogP contribution in [0.2, 0.25) is 0 Å². The molecule has 2 aromatic heterocycles. The molecular weight excluding hydrogens is 226 g/mol. The van der Waals surface area contributed by atoms with Crippen molar-refractivity contribution in [2.75, 3.05) is 5.73 Å². The normalized spacial score (nSPS) is 21.7. The number of aryl methyl sites for hydroxylation is 2.